The topological polar surface area (TPSA) is 90.7 Å². The maximum Gasteiger partial charge on any atom is 0.240 e. The van der Waals surface area contributed by atoms with Gasteiger partial charge in [-0.1, -0.05) is 17.7 Å². The zero-order valence-corrected chi connectivity index (χ0v) is 12.5. The van der Waals surface area contributed by atoms with Crippen LogP contribution in [0.15, 0.2) is 29.2 Å². The van der Waals surface area contributed by atoms with Gasteiger partial charge in [0.1, 0.15) is 0 Å². The Bertz CT molecular complexity index is 474. The minimum absolute atomic E-state index is 0.229. The fourth-order valence-electron chi connectivity index (χ4n) is 1.45. The summed E-state index contributed by atoms with van der Waals surface area (Å²) in [5.41, 5.74) is 6.28. The van der Waals surface area contributed by atoms with Crippen molar-refractivity contribution in [2.24, 2.45) is 5.73 Å². The lowest BCUT2D eigenvalue weighted by atomic mass is 10.2. The maximum absolute atomic E-state index is 11.9. The molecule has 20 heavy (non-hydrogen) atoms. The van der Waals surface area contributed by atoms with Gasteiger partial charge in [-0.05, 0) is 19.1 Å². The van der Waals surface area contributed by atoms with E-state index in [1.165, 1.54) is 0 Å². The van der Waals surface area contributed by atoms with E-state index in [1.54, 1.807) is 24.3 Å². The average molecular weight is 302 g/mol. The molecule has 0 amide bonds. The molecule has 0 spiro atoms. The molecule has 3 N–H and O–H groups in total. The number of nitrogens with one attached hydrogen (secondary N) is 1. The number of benzene rings is 1. The van der Waals surface area contributed by atoms with Crippen LogP contribution >= 0.6 is 0 Å². The Balaban J connectivity index is 2.22. The van der Waals surface area contributed by atoms with Gasteiger partial charge in [0, 0.05) is 13.1 Å². The zero-order chi connectivity index (χ0) is 14.8. The van der Waals surface area contributed by atoms with E-state index in [0.717, 1.165) is 5.56 Å². The van der Waals surface area contributed by atoms with Crippen molar-refractivity contribution in [2.45, 2.75) is 11.8 Å². The lowest BCUT2D eigenvalue weighted by Crippen LogP contribution is -2.27. The Morgan fingerprint density at radius 2 is 1.65 bits per heavy atom. The molecule has 0 saturated heterocycles. The molecular formula is C13H22N2O4S. The molecule has 0 saturated carbocycles. The second kappa shape index (κ2) is 9.04. The van der Waals surface area contributed by atoms with E-state index in [2.05, 4.69) is 4.72 Å². The van der Waals surface area contributed by atoms with E-state index in [1.807, 2.05) is 6.92 Å². The van der Waals surface area contributed by atoms with Crippen LogP contribution in [0.1, 0.15) is 5.56 Å². The van der Waals surface area contributed by atoms with E-state index in [0.29, 0.717) is 33.0 Å². The van der Waals surface area contributed by atoms with Crippen molar-refractivity contribution in [3.63, 3.8) is 0 Å². The van der Waals surface area contributed by atoms with Gasteiger partial charge < -0.3 is 15.2 Å². The minimum atomic E-state index is -3.46. The van der Waals surface area contributed by atoms with Crippen molar-refractivity contribution >= 4 is 10.0 Å². The molecule has 6 nitrogen and oxygen atoms in total. The van der Waals surface area contributed by atoms with E-state index < -0.39 is 10.0 Å². The molecule has 0 aliphatic rings. The van der Waals surface area contributed by atoms with Crippen LogP contribution in [-0.4, -0.2) is 47.9 Å². The second-order valence-electron chi connectivity index (χ2n) is 4.22. The van der Waals surface area contributed by atoms with Crippen molar-refractivity contribution in [3.8, 4) is 0 Å². The van der Waals surface area contributed by atoms with Gasteiger partial charge in [-0.3, -0.25) is 0 Å². The highest BCUT2D eigenvalue weighted by Gasteiger charge is 2.12. The van der Waals surface area contributed by atoms with Crippen molar-refractivity contribution in [1.29, 1.82) is 0 Å². The van der Waals surface area contributed by atoms with Crippen molar-refractivity contribution in [2.75, 3.05) is 39.5 Å². The quantitative estimate of drug-likeness (QED) is 0.605. The highest BCUT2D eigenvalue weighted by Crippen LogP contribution is 2.09. The molecule has 0 bridgehead atoms. The van der Waals surface area contributed by atoms with Gasteiger partial charge in [0.2, 0.25) is 10.0 Å². The van der Waals surface area contributed by atoms with Crippen LogP contribution in [0.5, 0.6) is 0 Å². The summed E-state index contributed by atoms with van der Waals surface area (Å²) >= 11 is 0. The average Bonchev–Trinajstić information content (AvgIpc) is 2.42. The first-order valence-electron chi connectivity index (χ1n) is 6.48. The van der Waals surface area contributed by atoms with Crippen LogP contribution in [-0.2, 0) is 19.5 Å². The van der Waals surface area contributed by atoms with Gasteiger partial charge >= 0.3 is 0 Å². The smallest absolute Gasteiger partial charge is 0.240 e. The molecule has 0 unspecified atom stereocenters. The first kappa shape index (κ1) is 17.1. The molecule has 114 valence electrons. The Labute approximate surface area is 120 Å². The van der Waals surface area contributed by atoms with E-state index >= 15 is 0 Å². The molecule has 0 aliphatic heterocycles. The van der Waals surface area contributed by atoms with Gasteiger partial charge in [0.05, 0.1) is 31.3 Å². The number of sulfonamides is 1. The molecule has 0 heterocycles. The summed E-state index contributed by atoms with van der Waals surface area (Å²) < 4.78 is 36.7. The zero-order valence-electron chi connectivity index (χ0n) is 11.7. The predicted molar refractivity (Wildman–Crippen MR) is 77.1 cm³/mol. The molecule has 0 aromatic heterocycles. The first-order chi connectivity index (χ1) is 9.56. The number of rotatable bonds is 10. The van der Waals surface area contributed by atoms with Crippen LogP contribution in [0.4, 0.5) is 0 Å². The van der Waals surface area contributed by atoms with Crippen molar-refractivity contribution < 1.29 is 17.9 Å². The molecule has 1 aromatic rings. The van der Waals surface area contributed by atoms with Crippen molar-refractivity contribution in [3.05, 3.63) is 29.8 Å². The Morgan fingerprint density at radius 1 is 1.05 bits per heavy atom. The third-order valence-electron chi connectivity index (χ3n) is 2.50. The molecule has 7 heteroatoms. The SMILES string of the molecule is Cc1ccc(S(=O)(=O)NCCOCCOCCN)cc1. The normalized spacial score (nSPS) is 11.7. The first-order valence-corrected chi connectivity index (χ1v) is 7.96. The minimum Gasteiger partial charge on any atom is -0.378 e. The molecule has 0 fully saturated rings. The summed E-state index contributed by atoms with van der Waals surface area (Å²) in [5, 5.41) is 0. The molecular weight excluding hydrogens is 280 g/mol. The third kappa shape index (κ3) is 6.44. The highest BCUT2D eigenvalue weighted by atomic mass is 32.2. The number of hydrogen-bond acceptors (Lipinski definition) is 5. The van der Waals surface area contributed by atoms with Crippen LogP contribution in [0, 0.1) is 6.92 Å². The van der Waals surface area contributed by atoms with E-state index in [4.69, 9.17) is 15.2 Å². The number of ether oxygens (including phenoxy) is 2. The van der Waals surface area contributed by atoms with Crippen LogP contribution in [0.3, 0.4) is 0 Å². The summed E-state index contributed by atoms with van der Waals surface area (Å²) in [5.74, 6) is 0. The van der Waals surface area contributed by atoms with Crippen LogP contribution in [0.25, 0.3) is 0 Å². The van der Waals surface area contributed by atoms with E-state index in [9.17, 15) is 8.42 Å². The molecule has 0 aliphatic carbocycles. The second-order valence-corrected chi connectivity index (χ2v) is 5.99. The Hall–Kier alpha value is -0.990. The summed E-state index contributed by atoms with van der Waals surface area (Å²) in [6.45, 7) is 4.31. The molecule has 1 aromatic carbocycles. The fraction of sp³-hybridized carbons (Fsp3) is 0.538. The van der Waals surface area contributed by atoms with Gasteiger partial charge in [0.25, 0.3) is 0 Å². The van der Waals surface area contributed by atoms with Gasteiger partial charge in [-0.15, -0.1) is 0 Å². The lowest BCUT2D eigenvalue weighted by molar-refractivity contribution is 0.0530. The van der Waals surface area contributed by atoms with Crippen molar-refractivity contribution in [1.82, 2.24) is 4.72 Å². The Kier molecular flexibility index (Phi) is 7.71. The highest BCUT2D eigenvalue weighted by molar-refractivity contribution is 7.89. The van der Waals surface area contributed by atoms with E-state index in [-0.39, 0.29) is 11.4 Å². The predicted octanol–water partition coefficient (Wildman–Crippen LogP) is 0.265. The summed E-state index contributed by atoms with van der Waals surface area (Å²) in [6.07, 6.45) is 0. The number of hydrogen-bond donors (Lipinski definition) is 2. The number of nitrogens with two attached hydrogens (primary N) is 1. The molecule has 0 radical (unpaired) electrons. The van der Waals surface area contributed by atoms with Gasteiger partial charge in [0.15, 0.2) is 0 Å². The molecule has 0 atom stereocenters. The Morgan fingerprint density at radius 3 is 2.25 bits per heavy atom. The van der Waals surface area contributed by atoms with Crippen LogP contribution < -0.4 is 10.5 Å². The summed E-state index contributed by atoms with van der Waals surface area (Å²) in [6, 6.07) is 6.69. The lowest BCUT2D eigenvalue weighted by Gasteiger charge is -2.08. The van der Waals surface area contributed by atoms with Gasteiger partial charge in [-0.25, -0.2) is 13.1 Å². The number of aryl methyl sites for hydroxylation is 1. The monoisotopic (exact) mass is 302 g/mol. The van der Waals surface area contributed by atoms with Gasteiger partial charge in [-0.2, -0.15) is 0 Å². The maximum atomic E-state index is 11.9. The third-order valence-corrected chi connectivity index (χ3v) is 3.98. The standard InChI is InChI=1S/C13H22N2O4S/c1-12-2-4-13(5-3-12)20(16,17)15-7-9-19-11-10-18-8-6-14/h2-5,15H,6-11,14H2,1H3. The molecule has 1 rings (SSSR count). The fourth-order valence-corrected chi connectivity index (χ4v) is 2.47. The summed E-state index contributed by atoms with van der Waals surface area (Å²) in [7, 11) is -3.46. The largest absolute Gasteiger partial charge is 0.378 e. The summed E-state index contributed by atoms with van der Waals surface area (Å²) in [4.78, 5) is 0.259. The van der Waals surface area contributed by atoms with Crippen LogP contribution in [0.2, 0.25) is 0 Å².